The molecule has 3 rings (SSSR count). The van der Waals surface area contributed by atoms with Crippen LogP contribution in [0.25, 0.3) is 0 Å². The maximum atomic E-state index is 14.1. The number of quaternary nitrogens is 1. The van der Waals surface area contributed by atoms with Crippen molar-refractivity contribution in [3.05, 3.63) is 96.9 Å². The van der Waals surface area contributed by atoms with Gasteiger partial charge < -0.3 is 10.6 Å². The van der Waals surface area contributed by atoms with E-state index < -0.39 is 22.8 Å². The Morgan fingerprint density at radius 3 is 2.45 bits per heavy atom. The number of carbonyl (C=O) groups excluding carboxylic acids is 1. The first-order chi connectivity index (χ1) is 14.7. The Hall–Kier alpha value is -3.23. The minimum Gasteiger partial charge on any atom is -0.384 e. The summed E-state index contributed by atoms with van der Waals surface area (Å²) in [5, 5.41) is 0.263. The van der Waals surface area contributed by atoms with Crippen molar-refractivity contribution in [1.82, 2.24) is 9.13 Å². The van der Waals surface area contributed by atoms with Gasteiger partial charge in [-0.05, 0) is 17.7 Å². The maximum Gasteiger partial charge on any atom is 0.332 e. The third kappa shape index (κ3) is 4.76. The second kappa shape index (κ2) is 9.28. The SMILES string of the molecule is Cn1c(=O)c(C(=O)C[NH+](C)Cc2c(F)cccc2Cl)c(N)n(Cc2ccccc2)c1=O. The lowest BCUT2D eigenvalue weighted by Crippen LogP contribution is -3.08. The fraction of sp³-hybridized carbons (Fsp3) is 0.227. The molecule has 2 aromatic carbocycles. The number of hydrogen-bond acceptors (Lipinski definition) is 4. The van der Waals surface area contributed by atoms with Gasteiger partial charge in [-0.15, -0.1) is 0 Å². The number of Topliss-reactive ketones (excluding diaryl/α,β-unsaturated/α-hetero) is 1. The standard InChI is InChI=1S/C22H22ClFN4O3/c1-26(12-15-16(23)9-6-10-17(15)24)13-18(29)19-20(25)28(22(31)27(2)21(19)30)11-14-7-4-3-5-8-14/h3-10H,11-13,25H2,1-2H3/p+1. The Kier molecular flexibility index (Phi) is 6.72. The van der Waals surface area contributed by atoms with Crippen molar-refractivity contribution < 1.29 is 14.1 Å². The molecule has 0 bridgehead atoms. The normalized spacial score (nSPS) is 12.0. The van der Waals surface area contributed by atoms with Crippen molar-refractivity contribution in [2.75, 3.05) is 19.3 Å². The molecular formula is C22H23ClFN4O3+. The average Bonchev–Trinajstić information content (AvgIpc) is 2.73. The van der Waals surface area contributed by atoms with Crippen molar-refractivity contribution in [1.29, 1.82) is 0 Å². The molecule has 0 fully saturated rings. The Labute approximate surface area is 183 Å². The van der Waals surface area contributed by atoms with Gasteiger partial charge in [-0.2, -0.15) is 0 Å². The highest BCUT2D eigenvalue weighted by Crippen LogP contribution is 2.17. The quantitative estimate of drug-likeness (QED) is 0.528. The summed E-state index contributed by atoms with van der Waals surface area (Å²) in [5.74, 6) is -1.19. The average molecular weight is 446 g/mol. The second-order valence-corrected chi connectivity index (χ2v) is 7.82. The van der Waals surface area contributed by atoms with Crippen molar-refractivity contribution in [3.8, 4) is 0 Å². The molecule has 3 aromatic rings. The summed E-state index contributed by atoms with van der Waals surface area (Å²) in [7, 11) is 2.99. The molecule has 0 spiro atoms. The van der Waals surface area contributed by atoms with E-state index in [1.807, 2.05) is 30.3 Å². The predicted molar refractivity (Wildman–Crippen MR) is 117 cm³/mol. The molecular weight excluding hydrogens is 423 g/mol. The topological polar surface area (TPSA) is 91.5 Å². The van der Waals surface area contributed by atoms with Crippen LogP contribution in [0.15, 0.2) is 58.1 Å². The first-order valence-electron chi connectivity index (χ1n) is 9.61. The molecule has 0 amide bonds. The molecule has 7 nitrogen and oxygen atoms in total. The predicted octanol–water partition coefficient (Wildman–Crippen LogP) is 0.868. The van der Waals surface area contributed by atoms with Crippen LogP contribution in [-0.4, -0.2) is 28.5 Å². The van der Waals surface area contributed by atoms with E-state index in [1.54, 1.807) is 13.1 Å². The number of carbonyl (C=O) groups is 1. The number of nitrogens with two attached hydrogens (primary N) is 1. The van der Waals surface area contributed by atoms with E-state index >= 15 is 0 Å². The van der Waals surface area contributed by atoms with E-state index in [0.29, 0.717) is 4.90 Å². The fourth-order valence-electron chi connectivity index (χ4n) is 3.39. The highest BCUT2D eigenvalue weighted by molar-refractivity contribution is 6.31. The van der Waals surface area contributed by atoms with Crippen molar-refractivity contribution in [3.63, 3.8) is 0 Å². The van der Waals surface area contributed by atoms with Crippen LogP contribution >= 0.6 is 11.6 Å². The van der Waals surface area contributed by atoms with Gasteiger partial charge in [0.05, 0.1) is 24.2 Å². The van der Waals surface area contributed by atoms with Gasteiger partial charge in [-0.3, -0.25) is 18.7 Å². The molecule has 1 heterocycles. The van der Waals surface area contributed by atoms with E-state index in [4.69, 9.17) is 17.3 Å². The van der Waals surface area contributed by atoms with E-state index in [2.05, 4.69) is 0 Å². The van der Waals surface area contributed by atoms with Crippen LogP contribution in [0.3, 0.4) is 0 Å². The minimum absolute atomic E-state index is 0.118. The van der Waals surface area contributed by atoms with Gasteiger partial charge in [0.25, 0.3) is 5.56 Å². The highest BCUT2D eigenvalue weighted by atomic mass is 35.5. The van der Waals surface area contributed by atoms with Gasteiger partial charge in [0.2, 0.25) is 5.78 Å². The molecule has 9 heteroatoms. The number of likely N-dealkylation sites (N-methyl/N-ethyl adjacent to an activating group) is 1. The molecule has 31 heavy (non-hydrogen) atoms. The van der Waals surface area contributed by atoms with Crippen molar-refractivity contribution >= 4 is 23.2 Å². The fourth-order valence-corrected chi connectivity index (χ4v) is 3.62. The molecule has 0 saturated carbocycles. The largest absolute Gasteiger partial charge is 0.384 e. The van der Waals surface area contributed by atoms with E-state index in [9.17, 15) is 18.8 Å². The first kappa shape index (κ1) is 22.5. The number of nitrogen functional groups attached to an aromatic ring is 1. The Bertz CT molecular complexity index is 1220. The number of benzene rings is 2. The van der Waals surface area contributed by atoms with Crippen LogP contribution in [0.5, 0.6) is 0 Å². The number of nitrogens with one attached hydrogen (secondary N) is 1. The zero-order chi connectivity index (χ0) is 22.7. The third-order valence-corrected chi connectivity index (χ3v) is 5.40. The molecule has 0 aliphatic carbocycles. The zero-order valence-electron chi connectivity index (χ0n) is 17.2. The summed E-state index contributed by atoms with van der Waals surface area (Å²) in [5.41, 5.74) is 5.58. The van der Waals surface area contributed by atoms with Crippen LogP contribution in [0.4, 0.5) is 10.2 Å². The minimum atomic E-state index is -0.756. The summed E-state index contributed by atoms with van der Waals surface area (Å²) in [6.45, 7) is 0.127. The summed E-state index contributed by atoms with van der Waals surface area (Å²) < 4.78 is 16.1. The number of halogens is 2. The number of anilines is 1. The lowest BCUT2D eigenvalue weighted by Gasteiger charge is -2.17. The van der Waals surface area contributed by atoms with Gasteiger partial charge in [-0.1, -0.05) is 48.0 Å². The van der Waals surface area contributed by atoms with Crippen LogP contribution in [-0.2, 0) is 20.1 Å². The Morgan fingerprint density at radius 2 is 1.81 bits per heavy atom. The van der Waals surface area contributed by atoms with Crippen LogP contribution in [0.1, 0.15) is 21.5 Å². The van der Waals surface area contributed by atoms with Gasteiger partial charge >= 0.3 is 5.69 Å². The number of hydrogen-bond donors (Lipinski definition) is 2. The highest BCUT2D eigenvalue weighted by Gasteiger charge is 2.25. The summed E-state index contributed by atoms with van der Waals surface area (Å²) >= 11 is 6.06. The van der Waals surface area contributed by atoms with Crippen molar-refractivity contribution in [2.45, 2.75) is 13.1 Å². The Balaban J connectivity index is 1.92. The molecule has 1 aromatic heterocycles. The Morgan fingerprint density at radius 1 is 1.13 bits per heavy atom. The van der Waals surface area contributed by atoms with E-state index in [1.165, 1.54) is 23.7 Å². The zero-order valence-corrected chi connectivity index (χ0v) is 17.9. The van der Waals surface area contributed by atoms with Crippen LogP contribution in [0.2, 0.25) is 5.02 Å². The monoisotopic (exact) mass is 445 g/mol. The number of nitrogens with zero attached hydrogens (tertiary/aromatic N) is 2. The summed E-state index contributed by atoms with van der Waals surface area (Å²) in [6.07, 6.45) is 0. The summed E-state index contributed by atoms with van der Waals surface area (Å²) in [4.78, 5) is 38.8. The molecule has 0 radical (unpaired) electrons. The number of rotatable bonds is 7. The smallest absolute Gasteiger partial charge is 0.332 e. The third-order valence-electron chi connectivity index (χ3n) is 5.05. The van der Waals surface area contributed by atoms with Crippen LogP contribution < -0.4 is 21.9 Å². The van der Waals surface area contributed by atoms with Gasteiger partial charge in [-0.25, -0.2) is 9.18 Å². The molecule has 162 valence electrons. The molecule has 1 atom stereocenters. The number of ketones is 1. The molecule has 0 aliphatic heterocycles. The lowest BCUT2D eigenvalue weighted by atomic mass is 10.1. The second-order valence-electron chi connectivity index (χ2n) is 7.41. The molecule has 0 saturated heterocycles. The molecule has 0 aliphatic rings. The molecule has 1 unspecified atom stereocenters. The first-order valence-corrected chi connectivity index (χ1v) is 9.99. The van der Waals surface area contributed by atoms with Gasteiger partial charge in [0.1, 0.15) is 30.3 Å². The van der Waals surface area contributed by atoms with Gasteiger partial charge in [0.15, 0.2) is 0 Å². The van der Waals surface area contributed by atoms with Crippen molar-refractivity contribution in [2.24, 2.45) is 7.05 Å². The maximum absolute atomic E-state index is 14.1. The summed E-state index contributed by atoms with van der Waals surface area (Å²) in [6, 6.07) is 13.5. The van der Waals surface area contributed by atoms with Gasteiger partial charge in [0, 0.05) is 7.05 Å². The van der Waals surface area contributed by atoms with E-state index in [-0.39, 0.29) is 41.6 Å². The lowest BCUT2D eigenvalue weighted by molar-refractivity contribution is -0.885. The van der Waals surface area contributed by atoms with Crippen LogP contribution in [0, 0.1) is 5.82 Å². The number of aromatic nitrogens is 2. The molecule has 3 N–H and O–H groups in total. The van der Waals surface area contributed by atoms with E-state index in [0.717, 1.165) is 10.1 Å².